The van der Waals surface area contributed by atoms with E-state index in [0.717, 1.165) is 10.7 Å². The van der Waals surface area contributed by atoms with Crippen LogP contribution >= 0.6 is 11.8 Å². The molecule has 0 aliphatic carbocycles. The standard InChI is InChI=1S/C15H24N6O2S/c1-6-20(7-2)12(22)10-24-15-17-16-13(21(15)8-3)11-9-19(4)18-14(11)23-5/h9H,6-8,10H2,1-5H3. The molecular formula is C15H24N6O2S. The summed E-state index contributed by atoms with van der Waals surface area (Å²) in [6.45, 7) is 8.11. The van der Waals surface area contributed by atoms with Gasteiger partial charge in [-0.05, 0) is 20.8 Å². The van der Waals surface area contributed by atoms with Gasteiger partial charge in [-0.15, -0.1) is 15.3 Å². The highest BCUT2D eigenvalue weighted by Gasteiger charge is 2.20. The first-order valence-electron chi connectivity index (χ1n) is 7.97. The average molecular weight is 352 g/mol. The second kappa shape index (κ2) is 8.18. The summed E-state index contributed by atoms with van der Waals surface area (Å²) >= 11 is 1.40. The van der Waals surface area contributed by atoms with Crippen molar-refractivity contribution in [3.63, 3.8) is 0 Å². The van der Waals surface area contributed by atoms with Crippen LogP contribution in [0.2, 0.25) is 0 Å². The number of hydrogen-bond acceptors (Lipinski definition) is 6. The van der Waals surface area contributed by atoms with Gasteiger partial charge in [0.05, 0.1) is 12.9 Å². The lowest BCUT2D eigenvalue weighted by Crippen LogP contribution is -2.31. The molecule has 132 valence electrons. The smallest absolute Gasteiger partial charge is 0.243 e. The third kappa shape index (κ3) is 3.72. The van der Waals surface area contributed by atoms with Crippen LogP contribution in [0.15, 0.2) is 11.4 Å². The minimum atomic E-state index is 0.108. The monoisotopic (exact) mass is 352 g/mol. The number of rotatable bonds is 8. The Balaban J connectivity index is 2.22. The van der Waals surface area contributed by atoms with E-state index < -0.39 is 0 Å². The Morgan fingerprint density at radius 1 is 1.29 bits per heavy atom. The summed E-state index contributed by atoms with van der Waals surface area (Å²) in [7, 11) is 3.41. The maximum atomic E-state index is 12.2. The fraction of sp³-hybridized carbons (Fsp3) is 0.600. The van der Waals surface area contributed by atoms with E-state index in [0.29, 0.717) is 37.1 Å². The molecule has 0 aliphatic heterocycles. The molecule has 1 amide bonds. The normalized spacial score (nSPS) is 10.9. The van der Waals surface area contributed by atoms with Crippen molar-refractivity contribution in [1.82, 2.24) is 29.4 Å². The maximum Gasteiger partial charge on any atom is 0.243 e. The number of nitrogens with zero attached hydrogens (tertiary/aromatic N) is 6. The van der Waals surface area contributed by atoms with Crippen molar-refractivity contribution in [3.05, 3.63) is 6.20 Å². The Kier molecular flexibility index (Phi) is 6.24. The molecule has 0 aromatic carbocycles. The van der Waals surface area contributed by atoms with Crippen LogP contribution in [0.25, 0.3) is 11.4 Å². The number of amides is 1. The van der Waals surface area contributed by atoms with Gasteiger partial charge in [0.25, 0.3) is 0 Å². The third-order valence-corrected chi connectivity index (χ3v) is 4.65. The summed E-state index contributed by atoms with van der Waals surface area (Å²) < 4.78 is 8.96. The predicted octanol–water partition coefficient (Wildman–Crippen LogP) is 1.67. The van der Waals surface area contributed by atoms with Crippen molar-refractivity contribution >= 4 is 17.7 Å². The molecule has 0 bridgehead atoms. The van der Waals surface area contributed by atoms with E-state index in [2.05, 4.69) is 15.3 Å². The minimum absolute atomic E-state index is 0.108. The van der Waals surface area contributed by atoms with Crippen LogP contribution in [0.4, 0.5) is 0 Å². The van der Waals surface area contributed by atoms with Crippen LogP contribution in [0.1, 0.15) is 20.8 Å². The fourth-order valence-corrected chi connectivity index (χ4v) is 3.35. The van der Waals surface area contributed by atoms with E-state index in [1.54, 1.807) is 11.8 Å². The Morgan fingerprint density at radius 3 is 2.58 bits per heavy atom. The highest BCUT2D eigenvalue weighted by atomic mass is 32.2. The van der Waals surface area contributed by atoms with Gasteiger partial charge in [-0.3, -0.25) is 9.48 Å². The van der Waals surface area contributed by atoms with Gasteiger partial charge < -0.3 is 14.2 Å². The molecule has 8 nitrogen and oxygen atoms in total. The van der Waals surface area contributed by atoms with Crippen LogP contribution in [-0.4, -0.2) is 61.3 Å². The zero-order valence-electron chi connectivity index (χ0n) is 14.8. The second-order valence-corrected chi connectivity index (χ2v) is 6.07. The van der Waals surface area contributed by atoms with Gasteiger partial charge in [0.15, 0.2) is 11.0 Å². The lowest BCUT2D eigenvalue weighted by molar-refractivity contribution is -0.127. The summed E-state index contributed by atoms with van der Waals surface area (Å²) in [5.41, 5.74) is 0.788. The Bertz CT molecular complexity index is 692. The molecule has 0 unspecified atom stereocenters. The lowest BCUT2D eigenvalue weighted by Gasteiger charge is -2.18. The fourth-order valence-electron chi connectivity index (χ4n) is 2.45. The Hall–Kier alpha value is -2.03. The summed E-state index contributed by atoms with van der Waals surface area (Å²) in [5.74, 6) is 1.66. The van der Waals surface area contributed by atoms with Gasteiger partial charge in [-0.1, -0.05) is 11.8 Å². The molecule has 0 atom stereocenters. The number of aryl methyl sites for hydroxylation is 1. The molecule has 2 aromatic rings. The molecule has 0 spiro atoms. The van der Waals surface area contributed by atoms with Gasteiger partial charge in [-0.2, -0.15) is 0 Å². The summed E-state index contributed by atoms with van der Waals surface area (Å²) in [6, 6.07) is 0. The maximum absolute atomic E-state index is 12.2. The topological polar surface area (TPSA) is 78.1 Å². The molecule has 2 rings (SSSR count). The first kappa shape index (κ1) is 18.3. The van der Waals surface area contributed by atoms with Gasteiger partial charge >= 0.3 is 0 Å². The molecule has 0 N–H and O–H groups in total. The number of thioether (sulfide) groups is 1. The number of carbonyl (C=O) groups is 1. The Morgan fingerprint density at radius 2 is 2.00 bits per heavy atom. The van der Waals surface area contributed by atoms with Gasteiger partial charge in [-0.25, -0.2) is 0 Å². The molecular weight excluding hydrogens is 328 g/mol. The SMILES string of the molecule is CCN(CC)C(=O)CSc1nnc(-c2cn(C)nc2OC)n1CC. The van der Waals surface area contributed by atoms with E-state index in [-0.39, 0.29) is 5.91 Å². The van der Waals surface area contributed by atoms with Crippen molar-refractivity contribution in [2.45, 2.75) is 32.5 Å². The van der Waals surface area contributed by atoms with Crippen LogP contribution in [0.5, 0.6) is 5.88 Å². The minimum Gasteiger partial charge on any atom is -0.479 e. The molecule has 2 heterocycles. The van der Waals surface area contributed by atoms with E-state index in [1.165, 1.54) is 11.8 Å². The van der Waals surface area contributed by atoms with Crippen LogP contribution in [0, 0.1) is 0 Å². The average Bonchev–Trinajstić information content (AvgIpc) is 3.16. The number of aromatic nitrogens is 5. The second-order valence-electron chi connectivity index (χ2n) is 5.13. The van der Waals surface area contributed by atoms with E-state index in [9.17, 15) is 4.79 Å². The van der Waals surface area contributed by atoms with Gasteiger partial charge in [0, 0.05) is 32.9 Å². The summed E-state index contributed by atoms with van der Waals surface area (Å²) in [6.07, 6.45) is 1.85. The van der Waals surface area contributed by atoms with Crippen molar-refractivity contribution in [2.75, 3.05) is 26.0 Å². The number of hydrogen-bond donors (Lipinski definition) is 0. The molecule has 0 fully saturated rings. The quantitative estimate of drug-likeness (QED) is 0.673. The van der Waals surface area contributed by atoms with Crippen molar-refractivity contribution in [3.8, 4) is 17.3 Å². The first-order valence-corrected chi connectivity index (χ1v) is 8.95. The molecule has 0 aliphatic rings. The van der Waals surface area contributed by atoms with Gasteiger partial charge in [0.1, 0.15) is 5.56 Å². The summed E-state index contributed by atoms with van der Waals surface area (Å²) in [5, 5.41) is 13.5. The lowest BCUT2D eigenvalue weighted by atomic mass is 10.3. The number of methoxy groups -OCH3 is 1. The molecule has 24 heavy (non-hydrogen) atoms. The van der Waals surface area contributed by atoms with Gasteiger partial charge in [0.2, 0.25) is 11.8 Å². The zero-order chi connectivity index (χ0) is 17.7. The highest BCUT2D eigenvalue weighted by molar-refractivity contribution is 7.99. The van der Waals surface area contributed by atoms with Crippen LogP contribution in [0.3, 0.4) is 0 Å². The van der Waals surface area contributed by atoms with Crippen molar-refractivity contribution in [2.24, 2.45) is 7.05 Å². The first-order chi connectivity index (χ1) is 11.5. The third-order valence-electron chi connectivity index (χ3n) is 3.70. The molecule has 0 saturated carbocycles. The predicted molar refractivity (Wildman–Crippen MR) is 93.1 cm³/mol. The molecule has 9 heteroatoms. The molecule has 2 aromatic heterocycles. The van der Waals surface area contributed by atoms with Crippen molar-refractivity contribution < 1.29 is 9.53 Å². The number of carbonyl (C=O) groups excluding carboxylic acids is 1. The molecule has 0 radical (unpaired) electrons. The van der Waals surface area contributed by atoms with Crippen LogP contribution in [-0.2, 0) is 18.4 Å². The highest BCUT2D eigenvalue weighted by Crippen LogP contribution is 2.29. The Labute approximate surface area is 146 Å². The van der Waals surface area contributed by atoms with E-state index in [1.807, 2.05) is 43.5 Å². The number of ether oxygens (including phenoxy) is 1. The van der Waals surface area contributed by atoms with Crippen LogP contribution < -0.4 is 4.74 Å². The molecule has 0 saturated heterocycles. The van der Waals surface area contributed by atoms with Crippen molar-refractivity contribution in [1.29, 1.82) is 0 Å². The van der Waals surface area contributed by atoms with E-state index >= 15 is 0 Å². The summed E-state index contributed by atoms with van der Waals surface area (Å²) in [4.78, 5) is 14.0. The largest absolute Gasteiger partial charge is 0.479 e. The van der Waals surface area contributed by atoms with E-state index in [4.69, 9.17) is 4.74 Å². The zero-order valence-corrected chi connectivity index (χ0v) is 15.6.